The zero-order chi connectivity index (χ0) is 15.2. The van der Waals surface area contributed by atoms with Crippen LogP contribution in [0, 0.1) is 11.3 Å². The van der Waals surface area contributed by atoms with Crippen molar-refractivity contribution in [2.45, 2.75) is 18.6 Å². The predicted molar refractivity (Wildman–Crippen MR) is 79.3 cm³/mol. The number of fused-ring (bicyclic) bond motifs is 1. The van der Waals surface area contributed by atoms with Crippen molar-refractivity contribution in [1.29, 1.82) is 5.26 Å². The van der Waals surface area contributed by atoms with Crippen LogP contribution in [0.15, 0.2) is 23.4 Å². The molecule has 7 heteroatoms. The Balaban J connectivity index is 2.41. The molecule has 0 saturated carbocycles. The molecule has 2 aromatic rings. The number of hydrogen-bond acceptors (Lipinski definition) is 5. The Morgan fingerprint density at radius 3 is 3.05 bits per heavy atom. The van der Waals surface area contributed by atoms with Crippen LogP contribution >= 0.6 is 11.8 Å². The van der Waals surface area contributed by atoms with E-state index in [0.29, 0.717) is 36.0 Å². The van der Waals surface area contributed by atoms with Crippen LogP contribution in [0.4, 0.5) is 0 Å². The lowest BCUT2D eigenvalue weighted by Gasteiger charge is -2.08. The Hall–Kier alpha value is -2.04. The van der Waals surface area contributed by atoms with Gasteiger partial charge in [-0.25, -0.2) is 4.98 Å². The molecule has 0 amide bonds. The summed E-state index contributed by atoms with van der Waals surface area (Å²) >= 11 is 1.15. The summed E-state index contributed by atoms with van der Waals surface area (Å²) < 4.78 is 7.26. The van der Waals surface area contributed by atoms with Gasteiger partial charge in [-0.3, -0.25) is 4.79 Å². The van der Waals surface area contributed by atoms with E-state index in [4.69, 9.17) is 15.1 Å². The summed E-state index contributed by atoms with van der Waals surface area (Å²) in [4.78, 5) is 15.2. The number of thioether (sulfide) groups is 1. The van der Waals surface area contributed by atoms with Crippen LogP contribution < -0.4 is 0 Å². The van der Waals surface area contributed by atoms with Crippen LogP contribution in [0.1, 0.15) is 12.5 Å². The summed E-state index contributed by atoms with van der Waals surface area (Å²) in [6.45, 7) is 3.62. The maximum Gasteiger partial charge on any atom is 0.313 e. The first-order valence-electron chi connectivity index (χ1n) is 6.49. The topological polar surface area (TPSA) is 88.1 Å². The van der Waals surface area contributed by atoms with Gasteiger partial charge in [0.2, 0.25) is 0 Å². The van der Waals surface area contributed by atoms with Gasteiger partial charge in [-0.05, 0) is 19.1 Å². The molecule has 1 N–H and O–H groups in total. The van der Waals surface area contributed by atoms with Crippen LogP contribution in [-0.4, -0.2) is 39.6 Å². The third-order valence-electron chi connectivity index (χ3n) is 2.85. The van der Waals surface area contributed by atoms with Crippen LogP contribution in [0.25, 0.3) is 11.0 Å². The van der Waals surface area contributed by atoms with Gasteiger partial charge in [-0.2, -0.15) is 5.26 Å². The summed E-state index contributed by atoms with van der Waals surface area (Å²) in [5.41, 5.74) is 1.91. The van der Waals surface area contributed by atoms with E-state index in [0.717, 1.165) is 17.3 Å². The van der Waals surface area contributed by atoms with Crippen molar-refractivity contribution >= 4 is 28.8 Å². The molecule has 0 aliphatic carbocycles. The molecule has 0 unspecified atom stereocenters. The fraction of sp³-hybridized carbons (Fsp3) is 0.357. The molecular formula is C14H15N3O3S. The second kappa shape index (κ2) is 7.11. The number of para-hydroxylation sites is 1. The Morgan fingerprint density at radius 1 is 1.57 bits per heavy atom. The normalized spacial score (nSPS) is 10.7. The van der Waals surface area contributed by atoms with E-state index in [-0.39, 0.29) is 5.75 Å². The maximum absolute atomic E-state index is 10.7. The predicted octanol–water partition coefficient (Wildman–Crippen LogP) is 2.12. The van der Waals surface area contributed by atoms with Crippen molar-refractivity contribution in [3.63, 3.8) is 0 Å². The summed E-state index contributed by atoms with van der Waals surface area (Å²) in [5, 5.41) is 18.6. The molecule has 0 atom stereocenters. The standard InChI is InChI=1S/C14H15N3O3S/c1-2-20-7-6-17-11-5-3-4-10(8-15)13(11)16-14(17)21-9-12(18)19/h3-5H,2,6-7,9H2,1H3,(H,18,19). The molecule has 0 radical (unpaired) electrons. The first kappa shape index (κ1) is 15.4. The average molecular weight is 305 g/mol. The van der Waals surface area contributed by atoms with E-state index in [9.17, 15) is 4.79 Å². The quantitative estimate of drug-likeness (QED) is 0.622. The lowest BCUT2D eigenvalue weighted by Crippen LogP contribution is -2.08. The highest BCUT2D eigenvalue weighted by atomic mass is 32.2. The SMILES string of the molecule is CCOCCn1c(SCC(=O)O)nc2c(C#N)cccc21. The first-order valence-corrected chi connectivity index (χ1v) is 7.47. The lowest BCUT2D eigenvalue weighted by atomic mass is 10.2. The van der Waals surface area contributed by atoms with E-state index in [2.05, 4.69) is 11.1 Å². The molecular weight excluding hydrogens is 290 g/mol. The minimum absolute atomic E-state index is 0.0696. The van der Waals surface area contributed by atoms with Crippen LogP contribution in [-0.2, 0) is 16.1 Å². The summed E-state index contributed by atoms with van der Waals surface area (Å²) in [5.74, 6) is -0.969. The van der Waals surface area contributed by atoms with Gasteiger partial charge in [0.05, 0.1) is 23.4 Å². The number of aliphatic carboxylic acids is 1. The number of carbonyl (C=O) groups is 1. The van der Waals surface area contributed by atoms with Gasteiger partial charge in [0.1, 0.15) is 11.6 Å². The number of hydrogen-bond donors (Lipinski definition) is 1. The third-order valence-corrected chi connectivity index (χ3v) is 3.81. The number of ether oxygens (including phenoxy) is 1. The summed E-state index contributed by atoms with van der Waals surface area (Å²) in [6.07, 6.45) is 0. The van der Waals surface area contributed by atoms with Gasteiger partial charge in [0.15, 0.2) is 5.16 Å². The number of carboxylic acid groups (broad SMARTS) is 1. The number of aromatic nitrogens is 2. The number of nitrogens with zero attached hydrogens (tertiary/aromatic N) is 3. The Labute approximate surface area is 126 Å². The van der Waals surface area contributed by atoms with Gasteiger partial charge in [0, 0.05) is 13.2 Å². The highest BCUT2D eigenvalue weighted by molar-refractivity contribution is 7.99. The minimum Gasteiger partial charge on any atom is -0.481 e. The number of rotatable bonds is 7. The molecule has 110 valence electrons. The Morgan fingerprint density at radius 2 is 2.38 bits per heavy atom. The lowest BCUT2D eigenvalue weighted by molar-refractivity contribution is -0.133. The van der Waals surface area contributed by atoms with Crippen molar-refractivity contribution < 1.29 is 14.6 Å². The number of imidazole rings is 1. The highest BCUT2D eigenvalue weighted by Gasteiger charge is 2.14. The largest absolute Gasteiger partial charge is 0.481 e. The van der Waals surface area contributed by atoms with E-state index in [1.54, 1.807) is 12.1 Å². The van der Waals surface area contributed by atoms with Crippen molar-refractivity contribution in [2.24, 2.45) is 0 Å². The molecule has 1 aromatic heterocycles. The van der Waals surface area contributed by atoms with Crippen molar-refractivity contribution in [3.05, 3.63) is 23.8 Å². The monoisotopic (exact) mass is 305 g/mol. The average Bonchev–Trinajstić information content (AvgIpc) is 2.83. The number of benzene rings is 1. The number of nitriles is 1. The fourth-order valence-electron chi connectivity index (χ4n) is 1.97. The Kier molecular flexibility index (Phi) is 5.20. The van der Waals surface area contributed by atoms with Crippen LogP contribution in [0.2, 0.25) is 0 Å². The van der Waals surface area contributed by atoms with Crippen molar-refractivity contribution in [3.8, 4) is 6.07 Å². The van der Waals surface area contributed by atoms with Crippen molar-refractivity contribution in [1.82, 2.24) is 9.55 Å². The van der Waals surface area contributed by atoms with Gasteiger partial charge >= 0.3 is 5.97 Å². The molecule has 0 aliphatic rings. The zero-order valence-corrected chi connectivity index (χ0v) is 12.4. The highest BCUT2D eigenvalue weighted by Crippen LogP contribution is 2.26. The molecule has 0 saturated heterocycles. The van der Waals surface area contributed by atoms with Gasteiger partial charge < -0.3 is 14.4 Å². The molecule has 1 aromatic carbocycles. The second-order valence-corrected chi connectivity index (χ2v) is 5.15. The van der Waals surface area contributed by atoms with Crippen LogP contribution in [0.5, 0.6) is 0 Å². The molecule has 0 spiro atoms. The van der Waals surface area contributed by atoms with Gasteiger partial charge in [0.25, 0.3) is 0 Å². The van der Waals surface area contributed by atoms with Crippen molar-refractivity contribution in [2.75, 3.05) is 19.0 Å². The molecule has 1 heterocycles. The van der Waals surface area contributed by atoms with E-state index < -0.39 is 5.97 Å². The second-order valence-electron chi connectivity index (χ2n) is 4.21. The minimum atomic E-state index is -0.899. The van der Waals surface area contributed by atoms with Crippen LogP contribution in [0.3, 0.4) is 0 Å². The smallest absolute Gasteiger partial charge is 0.313 e. The molecule has 21 heavy (non-hydrogen) atoms. The molecule has 0 bridgehead atoms. The third kappa shape index (κ3) is 3.54. The first-order chi connectivity index (χ1) is 10.2. The van der Waals surface area contributed by atoms with Gasteiger partial charge in [-0.1, -0.05) is 17.8 Å². The summed E-state index contributed by atoms with van der Waals surface area (Å²) in [7, 11) is 0. The van der Waals surface area contributed by atoms with E-state index in [1.807, 2.05) is 17.6 Å². The fourth-order valence-corrected chi connectivity index (χ4v) is 2.72. The maximum atomic E-state index is 10.7. The molecule has 6 nitrogen and oxygen atoms in total. The Bertz CT molecular complexity index is 691. The number of carboxylic acids is 1. The van der Waals surface area contributed by atoms with Gasteiger partial charge in [-0.15, -0.1) is 0 Å². The molecule has 0 aliphatic heterocycles. The molecule has 0 fully saturated rings. The van der Waals surface area contributed by atoms with E-state index >= 15 is 0 Å². The molecule has 2 rings (SSSR count). The van der Waals surface area contributed by atoms with E-state index in [1.165, 1.54) is 0 Å². The summed E-state index contributed by atoms with van der Waals surface area (Å²) in [6, 6.07) is 7.48. The zero-order valence-electron chi connectivity index (χ0n) is 11.6.